The lowest BCUT2D eigenvalue weighted by Gasteiger charge is -2.15. The van der Waals surface area contributed by atoms with Crippen LogP contribution in [0.25, 0.3) is 11.3 Å². The molecule has 2 aromatic carbocycles. The van der Waals surface area contributed by atoms with Crippen LogP contribution in [0, 0.1) is 13.8 Å². The topological polar surface area (TPSA) is 72.4 Å². The first kappa shape index (κ1) is 17.9. The second-order valence-electron chi connectivity index (χ2n) is 6.68. The molecule has 1 aromatic heterocycles. The summed E-state index contributed by atoms with van der Waals surface area (Å²) in [5.41, 5.74) is 4.69. The SMILES string of the molecule is Cc1ccc(-c2nccnc2OCCN2C(=O)c3ccccc3C2=O)c(C)c1. The predicted molar refractivity (Wildman–Crippen MR) is 104 cm³/mol. The summed E-state index contributed by atoms with van der Waals surface area (Å²) in [5, 5.41) is 0. The molecule has 0 N–H and O–H groups in total. The molecule has 1 aliphatic rings. The van der Waals surface area contributed by atoms with Crippen LogP contribution in [0.3, 0.4) is 0 Å². The molecule has 28 heavy (non-hydrogen) atoms. The molecular formula is C22H19N3O3. The molecule has 2 heterocycles. The van der Waals surface area contributed by atoms with Gasteiger partial charge < -0.3 is 4.74 Å². The number of hydrogen-bond donors (Lipinski definition) is 0. The number of amides is 2. The molecule has 0 saturated heterocycles. The van der Waals surface area contributed by atoms with E-state index in [0.717, 1.165) is 11.1 Å². The van der Waals surface area contributed by atoms with Crippen molar-refractivity contribution in [3.63, 3.8) is 0 Å². The van der Waals surface area contributed by atoms with E-state index in [1.165, 1.54) is 10.5 Å². The summed E-state index contributed by atoms with van der Waals surface area (Å²) < 4.78 is 5.81. The Morgan fingerprint density at radius 2 is 1.57 bits per heavy atom. The van der Waals surface area contributed by atoms with E-state index in [0.29, 0.717) is 22.7 Å². The number of carbonyl (C=O) groups is 2. The fourth-order valence-corrected chi connectivity index (χ4v) is 3.37. The Morgan fingerprint density at radius 3 is 2.25 bits per heavy atom. The molecule has 4 rings (SSSR count). The largest absolute Gasteiger partial charge is 0.474 e. The summed E-state index contributed by atoms with van der Waals surface area (Å²) in [4.78, 5) is 34.8. The summed E-state index contributed by atoms with van der Waals surface area (Å²) in [6, 6.07) is 12.9. The number of carbonyl (C=O) groups excluding carboxylic acids is 2. The molecular weight excluding hydrogens is 354 g/mol. The fourth-order valence-electron chi connectivity index (χ4n) is 3.37. The minimum atomic E-state index is -0.294. The number of hydrogen-bond acceptors (Lipinski definition) is 5. The third-order valence-electron chi connectivity index (χ3n) is 4.73. The second kappa shape index (κ2) is 7.23. The van der Waals surface area contributed by atoms with Crippen LogP contribution in [0.4, 0.5) is 0 Å². The van der Waals surface area contributed by atoms with Crippen molar-refractivity contribution in [3.05, 3.63) is 77.1 Å². The number of nitrogens with zero attached hydrogens (tertiary/aromatic N) is 3. The highest BCUT2D eigenvalue weighted by Crippen LogP contribution is 2.29. The quantitative estimate of drug-likeness (QED) is 0.641. The Balaban J connectivity index is 1.50. The van der Waals surface area contributed by atoms with Crippen LogP contribution in [0.5, 0.6) is 5.88 Å². The number of aromatic nitrogens is 2. The van der Waals surface area contributed by atoms with Crippen molar-refractivity contribution in [2.75, 3.05) is 13.2 Å². The zero-order valence-electron chi connectivity index (χ0n) is 15.7. The van der Waals surface area contributed by atoms with Gasteiger partial charge in [-0.05, 0) is 31.5 Å². The molecule has 6 nitrogen and oxygen atoms in total. The van der Waals surface area contributed by atoms with Crippen molar-refractivity contribution >= 4 is 11.8 Å². The van der Waals surface area contributed by atoms with Gasteiger partial charge in [-0.25, -0.2) is 9.97 Å². The standard InChI is InChI=1S/C22H19N3O3/c1-14-7-8-16(15(2)13-14)19-20(24-10-9-23-19)28-12-11-25-21(26)17-5-3-4-6-18(17)22(25)27/h3-10,13H,11-12H2,1-2H3. The highest BCUT2D eigenvalue weighted by Gasteiger charge is 2.34. The average molecular weight is 373 g/mol. The molecule has 6 heteroatoms. The van der Waals surface area contributed by atoms with Crippen molar-refractivity contribution in [3.8, 4) is 17.1 Å². The minimum Gasteiger partial charge on any atom is -0.474 e. The average Bonchev–Trinajstić information content (AvgIpc) is 2.94. The van der Waals surface area contributed by atoms with Gasteiger partial charge in [-0.2, -0.15) is 0 Å². The van der Waals surface area contributed by atoms with Crippen molar-refractivity contribution in [2.24, 2.45) is 0 Å². The number of benzene rings is 2. The maximum Gasteiger partial charge on any atom is 0.261 e. The Labute approximate surface area is 162 Å². The van der Waals surface area contributed by atoms with Gasteiger partial charge in [0.2, 0.25) is 5.88 Å². The third kappa shape index (κ3) is 3.13. The zero-order valence-corrected chi connectivity index (χ0v) is 15.7. The smallest absolute Gasteiger partial charge is 0.261 e. The third-order valence-corrected chi connectivity index (χ3v) is 4.73. The van der Waals surface area contributed by atoms with Crippen molar-refractivity contribution in [1.29, 1.82) is 0 Å². The van der Waals surface area contributed by atoms with Crippen molar-refractivity contribution in [2.45, 2.75) is 13.8 Å². The molecule has 0 spiro atoms. The second-order valence-corrected chi connectivity index (χ2v) is 6.68. The van der Waals surface area contributed by atoms with Gasteiger partial charge >= 0.3 is 0 Å². The van der Waals surface area contributed by atoms with Gasteiger partial charge in [0.15, 0.2) is 0 Å². The summed E-state index contributed by atoms with van der Waals surface area (Å²) >= 11 is 0. The van der Waals surface area contributed by atoms with Crippen LogP contribution in [0.2, 0.25) is 0 Å². The molecule has 0 saturated carbocycles. The molecule has 0 fully saturated rings. The van der Waals surface area contributed by atoms with E-state index < -0.39 is 0 Å². The van der Waals surface area contributed by atoms with Gasteiger partial charge in [-0.15, -0.1) is 0 Å². The molecule has 0 unspecified atom stereocenters. The van der Waals surface area contributed by atoms with Crippen LogP contribution in [-0.4, -0.2) is 39.8 Å². The number of aryl methyl sites for hydroxylation is 2. The summed E-state index contributed by atoms with van der Waals surface area (Å²) in [6.07, 6.45) is 3.18. The number of ether oxygens (including phenoxy) is 1. The van der Waals surface area contributed by atoms with E-state index in [9.17, 15) is 9.59 Å². The summed E-state index contributed by atoms with van der Waals surface area (Å²) in [7, 11) is 0. The Bertz CT molecular complexity index is 1040. The first-order valence-electron chi connectivity index (χ1n) is 9.03. The maximum atomic E-state index is 12.4. The van der Waals surface area contributed by atoms with Crippen LogP contribution in [0.15, 0.2) is 54.9 Å². The van der Waals surface area contributed by atoms with E-state index in [4.69, 9.17) is 4.74 Å². The number of imide groups is 1. The predicted octanol–water partition coefficient (Wildman–Crippen LogP) is 3.44. The van der Waals surface area contributed by atoms with Gasteiger partial charge in [0.1, 0.15) is 12.3 Å². The highest BCUT2D eigenvalue weighted by atomic mass is 16.5. The van der Waals surface area contributed by atoms with E-state index in [1.54, 1.807) is 36.7 Å². The van der Waals surface area contributed by atoms with Gasteiger partial charge in [0.05, 0.1) is 17.7 Å². The maximum absolute atomic E-state index is 12.4. The molecule has 1 aliphatic heterocycles. The van der Waals surface area contributed by atoms with Gasteiger partial charge in [0, 0.05) is 18.0 Å². The van der Waals surface area contributed by atoms with Crippen LogP contribution in [-0.2, 0) is 0 Å². The van der Waals surface area contributed by atoms with Crippen molar-refractivity contribution < 1.29 is 14.3 Å². The lowest BCUT2D eigenvalue weighted by Crippen LogP contribution is -2.33. The lowest BCUT2D eigenvalue weighted by molar-refractivity contribution is 0.0630. The molecule has 0 radical (unpaired) electrons. The molecule has 140 valence electrons. The summed E-state index contributed by atoms with van der Waals surface area (Å²) in [5.74, 6) is -0.207. The van der Waals surface area contributed by atoms with Gasteiger partial charge in [-0.1, -0.05) is 35.9 Å². The Morgan fingerprint density at radius 1 is 0.893 bits per heavy atom. The first-order chi connectivity index (χ1) is 13.6. The molecule has 2 amide bonds. The normalized spacial score (nSPS) is 13.0. The zero-order chi connectivity index (χ0) is 19.7. The Hall–Kier alpha value is -3.54. The number of fused-ring (bicyclic) bond motifs is 1. The van der Waals surface area contributed by atoms with Crippen LogP contribution in [0.1, 0.15) is 31.8 Å². The highest BCUT2D eigenvalue weighted by molar-refractivity contribution is 6.21. The van der Waals surface area contributed by atoms with Gasteiger partial charge in [0.25, 0.3) is 11.8 Å². The Kier molecular flexibility index (Phi) is 4.61. The molecule has 3 aromatic rings. The van der Waals surface area contributed by atoms with Crippen molar-refractivity contribution in [1.82, 2.24) is 14.9 Å². The monoisotopic (exact) mass is 373 g/mol. The summed E-state index contributed by atoms with van der Waals surface area (Å²) in [6.45, 7) is 4.34. The van der Waals surface area contributed by atoms with E-state index in [1.807, 2.05) is 26.0 Å². The molecule has 0 atom stereocenters. The first-order valence-corrected chi connectivity index (χ1v) is 9.03. The molecule has 0 bridgehead atoms. The minimum absolute atomic E-state index is 0.141. The van der Waals surface area contributed by atoms with Gasteiger partial charge in [-0.3, -0.25) is 14.5 Å². The van der Waals surface area contributed by atoms with E-state index in [2.05, 4.69) is 16.0 Å². The van der Waals surface area contributed by atoms with Crippen LogP contribution >= 0.6 is 0 Å². The molecule has 0 aliphatic carbocycles. The fraction of sp³-hybridized carbons (Fsp3) is 0.182. The lowest BCUT2D eigenvalue weighted by atomic mass is 10.0. The van der Waals surface area contributed by atoms with Crippen LogP contribution < -0.4 is 4.74 Å². The van der Waals surface area contributed by atoms with E-state index in [-0.39, 0.29) is 25.0 Å². The number of rotatable bonds is 5. The van der Waals surface area contributed by atoms with E-state index >= 15 is 0 Å².